The standard InChI is InChI=1S/C22H25N5OS3/c1-3-15-10-14(12-29-15)20-25-26-22(27(20)4-2)30-13-19(28)24-21-17(11-23)16-8-6-5-7-9-18(16)31-21/h10,12H,3-9,13H2,1-2H3,(H,24,28). The van der Waals surface area contributed by atoms with Gasteiger partial charge in [-0.05, 0) is 50.7 Å². The average Bonchev–Trinajstić information content (AvgIpc) is 3.45. The van der Waals surface area contributed by atoms with E-state index < -0.39 is 0 Å². The molecule has 31 heavy (non-hydrogen) atoms. The lowest BCUT2D eigenvalue weighted by atomic mass is 10.1. The molecule has 3 heterocycles. The van der Waals surface area contributed by atoms with E-state index in [-0.39, 0.29) is 11.7 Å². The number of aryl methyl sites for hydroxylation is 2. The van der Waals surface area contributed by atoms with Gasteiger partial charge in [-0.25, -0.2) is 0 Å². The Bertz CT molecular complexity index is 1120. The molecule has 1 amide bonds. The Balaban J connectivity index is 1.45. The van der Waals surface area contributed by atoms with Crippen molar-refractivity contribution in [2.24, 2.45) is 0 Å². The Morgan fingerprint density at radius 3 is 2.87 bits per heavy atom. The molecule has 0 saturated carbocycles. The van der Waals surface area contributed by atoms with Crippen molar-refractivity contribution >= 4 is 45.3 Å². The maximum atomic E-state index is 12.7. The van der Waals surface area contributed by atoms with E-state index in [9.17, 15) is 10.1 Å². The molecule has 3 aromatic rings. The molecule has 162 valence electrons. The molecule has 0 bridgehead atoms. The highest BCUT2D eigenvalue weighted by Crippen LogP contribution is 2.37. The van der Waals surface area contributed by atoms with Gasteiger partial charge in [-0.2, -0.15) is 5.26 Å². The fourth-order valence-corrected chi connectivity index (χ4v) is 6.69. The van der Waals surface area contributed by atoms with E-state index in [1.807, 2.05) is 4.57 Å². The number of amides is 1. The highest BCUT2D eigenvalue weighted by molar-refractivity contribution is 7.99. The number of carbonyl (C=O) groups is 1. The molecule has 1 aliphatic rings. The molecule has 0 aliphatic heterocycles. The molecule has 0 unspecified atom stereocenters. The zero-order valence-corrected chi connectivity index (χ0v) is 20.2. The predicted molar refractivity (Wildman–Crippen MR) is 128 cm³/mol. The molecule has 4 rings (SSSR count). The van der Waals surface area contributed by atoms with Gasteiger partial charge in [-0.3, -0.25) is 4.79 Å². The first-order valence-corrected chi connectivity index (χ1v) is 13.3. The minimum absolute atomic E-state index is 0.117. The summed E-state index contributed by atoms with van der Waals surface area (Å²) in [5.41, 5.74) is 2.88. The molecular formula is C22H25N5OS3. The lowest BCUT2D eigenvalue weighted by molar-refractivity contribution is -0.113. The zero-order chi connectivity index (χ0) is 21.8. The van der Waals surface area contributed by atoms with Crippen molar-refractivity contribution in [3.05, 3.63) is 32.3 Å². The number of hydrogen-bond donors (Lipinski definition) is 1. The maximum absolute atomic E-state index is 12.7. The van der Waals surface area contributed by atoms with Crippen LogP contribution in [0.2, 0.25) is 0 Å². The van der Waals surface area contributed by atoms with E-state index in [0.29, 0.717) is 10.6 Å². The van der Waals surface area contributed by atoms with Crippen molar-refractivity contribution in [2.45, 2.75) is 64.1 Å². The summed E-state index contributed by atoms with van der Waals surface area (Å²) in [5.74, 6) is 0.958. The third-order valence-electron chi connectivity index (χ3n) is 5.41. The topological polar surface area (TPSA) is 83.6 Å². The normalized spacial score (nSPS) is 13.5. The first-order valence-electron chi connectivity index (χ1n) is 10.6. The third-order valence-corrected chi connectivity index (χ3v) is 8.67. The third kappa shape index (κ3) is 4.71. The summed E-state index contributed by atoms with van der Waals surface area (Å²) >= 11 is 4.68. The van der Waals surface area contributed by atoms with Crippen LogP contribution in [-0.2, 0) is 30.6 Å². The Morgan fingerprint density at radius 2 is 2.13 bits per heavy atom. The molecule has 6 nitrogen and oxygen atoms in total. The fourth-order valence-electron chi connectivity index (χ4n) is 3.82. The molecule has 0 radical (unpaired) electrons. The molecule has 3 aromatic heterocycles. The van der Waals surface area contributed by atoms with Gasteiger partial charge in [-0.1, -0.05) is 25.1 Å². The maximum Gasteiger partial charge on any atom is 0.235 e. The minimum atomic E-state index is -0.117. The summed E-state index contributed by atoms with van der Waals surface area (Å²) in [6.45, 7) is 4.94. The van der Waals surface area contributed by atoms with E-state index >= 15 is 0 Å². The number of hydrogen-bond acceptors (Lipinski definition) is 7. The molecule has 0 fully saturated rings. The van der Waals surface area contributed by atoms with Gasteiger partial charge in [-0.15, -0.1) is 32.9 Å². The lowest BCUT2D eigenvalue weighted by Gasteiger charge is -2.07. The predicted octanol–water partition coefficient (Wildman–Crippen LogP) is 5.52. The highest BCUT2D eigenvalue weighted by atomic mass is 32.2. The van der Waals surface area contributed by atoms with Gasteiger partial charge in [0.2, 0.25) is 5.91 Å². The van der Waals surface area contributed by atoms with Crippen molar-refractivity contribution in [3.8, 4) is 17.5 Å². The summed E-state index contributed by atoms with van der Waals surface area (Å²) in [4.78, 5) is 15.2. The summed E-state index contributed by atoms with van der Waals surface area (Å²) in [5, 5.41) is 24.9. The average molecular weight is 472 g/mol. The van der Waals surface area contributed by atoms with E-state index in [2.05, 4.69) is 46.9 Å². The van der Waals surface area contributed by atoms with Gasteiger partial charge < -0.3 is 9.88 Å². The molecule has 1 N–H and O–H groups in total. The van der Waals surface area contributed by atoms with E-state index in [0.717, 1.165) is 60.8 Å². The molecule has 9 heteroatoms. The van der Waals surface area contributed by atoms with Crippen LogP contribution in [0.5, 0.6) is 0 Å². The first-order chi connectivity index (χ1) is 15.1. The molecule has 0 atom stereocenters. The Hall–Kier alpha value is -2.15. The number of rotatable bonds is 7. The summed E-state index contributed by atoms with van der Waals surface area (Å²) in [6, 6.07) is 4.48. The molecule has 0 aromatic carbocycles. The van der Waals surface area contributed by atoms with E-state index in [1.165, 1.54) is 27.9 Å². The van der Waals surface area contributed by atoms with Crippen LogP contribution in [0, 0.1) is 11.3 Å². The van der Waals surface area contributed by atoms with Crippen molar-refractivity contribution in [1.29, 1.82) is 5.26 Å². The number of thioether (sulfide) groups is 1. The number of anilines is 1. The van der Waals surface area contributed by atoms with Crippen LogP contribution >= 0.6 is 34.4 Å². The van der Waals surface area contributed by atoms with Gasteiger partial charge in [0.1, 0.15) is 11.1 Å². The number of nitrogens with zero attached hydrogens (tertiary/aromatic N) is 4. The minimum Gasteiger partial charge on any atom is -0.316 e. The first kappa shape index (κ1) is 22.1. The fraction of sp³-hybridized carbons (Fsp3) is 0.455. The Labute approximate surface area is 194 Å². The number of thiophene rings is 2. The second kappa shape index (κ2) is 9.98. The Kier molecular flexibility index (Phi) is 7.10. The molecule has 0 saturated heterocycles. The molecule has 1 aliphatic carbocycles. The number of carbonyl (C=O) groups excluding carboxylic acids is 1. The van der Waals surface area contributed by atoms with Crippen LogP contribution < -0.4 is 5.32 Å². The van der Waals surface area contributed by atoms with Crippen LogP contribution in [0.3, 0.4) is 0 Å². The van der Waals surface area contributed by atoms with Gasteiger partial charge in [0.05, 0.1) is 11.3 Å². The number of aromatic nitrogens is 3. The summed E-state index contributed by atoms with van der Waals surface area (Å²) < 4.78 is 2.05. The second-order valence-electron chi connectivity index (χ2n) is 7.42. The lowest BCUT2D eigenvalue weighted by Crippen LogP contribution is -2.14. The van der Waals surface area contributed by atoms with Crippen molar-refractivity contribution in [3.63, 3.8) is 0 Å². The SMILES string of the molecule is CCc1cc(-c2nnc(SCC(=O)Nc3sc4c(c3C#N)CCCCC4)n2CC)cs1. The van der Waals surface area contributed by atoms with Gasteiger partial charge in [0.15, 0.2) is 11.0 Å². The van der Waals surface area contributed by atoms with Crippen LogP contribution in [0.4, 0.5) is 5.00 Å². The number of nitrogens with one attached hydrogen (secondary N) is 1. The summed E-state index contributed by atoms with van der Waals surface area (Å²) in [6.07, 6.45) is 6.41. The largest absolute Gasteiger partial charge is 0.316 e. The van der Waals surface area contributed by atoms with E-state index in [1.54, 1.807) is 22.7 Å². The van der Waals surface area contributed by atoms with Crippen molar-refractivity contribution < 1.29 is 4.79 Å². The van der Waals surface area contributed by atoms with Gasteiger partial charge >= 0.3 is 0 Å². The van der Waals surface area contributed by atoms with Crippen LogP contribution in [0.25, 0.3) is 11.4 Å². The number of nitriles is 1. The van der Waals surface area contributed by atoms with Gasteiger partial charge in [0.25, 0.3) is 0 Å². The summed E-state index contributed by atoms with van der Waals surface area (Å²) in [7, 11) is 0. The quantitative estimate of drug-likeness (QED) is 0.362. The van der Waals surface area contributed by atoms with Gasteiger partial charge in [0, 0.05) is 27.2 Å². The highest BCUT2D eigenvalue weighted by Gasteiger charge is 2.21. The second-order valence-corrected chi connectivity index (χ2v) is 10.5. The molecule has 0 spiro atoms. The monoisotopic (exact) mass is 471 g/mol. The number of fused-ring (bicyclic) bond motifs is 1. The van der Waals surface area contributed by atoms with Crippen molar-refractivity contribution in [1.82, 2.24) is 14.8 Å². The van der Waals surface area contributed by atoms with Crippen LogP contribution in [0.1, 0.15) is 54.0 Å². The Morgan fingerprint density at radius 1 is 1.29 bits per heavy atom. The van der Waals surface area contributed by atoms with E-state index in [4.69, 9.17) is 0 Å². The van der Waals surface area contributed by atoms with Crippen LogP contribution in [-0.4, -0.2) is 26.4 Å². The zero-order valence-electron chi connectivity index (χ0n) is 17.7. The smallest absolute Gasteiger partial charge is 0.235 e. The van der Waals surface area contributed by atoms with Crippen molar-refractivity contribution in [2.75, 3.05) is 11.1 Å². The molecular weight excluding hydrogens is 446 g/mol. The van der Waals surface area contributed by atoms with Crippen LogP contribution in [0.15, 0.2) is 16.6 Å².